The van der Waals surface area contributed by atoms with Crippen LogP contribution in [-0.2, 0) is 10.7 Å². The molecule has 0 amide bonds. The van der Waals surface area contributed by atoms with Gasteiger partial charge >= 0.3 is 5.92 Å². The fourth-order valence-electron chi connectivity index (χ4n) is 1.00. The Bertz CT molecular complexity index is 353. The van der Waals surface area contributed by atoms with Crippen LogP contribution in [0.15, 0.2) is 18.2 Å². The van der Waals surface area contributed by atoms with E-state index in [1.165, 1.54) is 19.2 Å². The molecule has 0 radical (unpaired) electrons. The maximum atomic E-state index is 13.0. The van der Waals surface area contributed by atoms with Crippen LogP contribution in [0.2, 0.25) is 5.02 Å². The molecule has 1 rings (SSSR count). The number of carbonyl (C=O) groups is 1. The Morgan fingerprint density at radius 3 is 2.64 bits per heavy atom. The lowest BCUT2D eigenvalue weighted by Crippen LogP contribution is -2.16. The van der Waals surface area contributed by atoms with Crippen LogP contribution in [0.25, 0.3) is 0 Å². The first-order chi connectivity index (χ1) is 6.51. The first-order valence-electron chi connectivity index (χ1n) is 3.69. The second-order valence-electron chi connectivity index (χ2n) is 2.59. The van der Waals surface area contributed by atoms with E-state index in [1.54, 1.807) is 0 Å². The monoisotopic (exact) mass is 220 g/mol. The molecule has 0 saturated heterocycles. The van der Waals surface area contributed by atoms with Gasteiger partial charge in [0.1, 0.15) is 5.75 Å². The van der Waals surface area contributed by atoms with Gasteiger partial charge in [0.15, 0.2) is 6.29 Å². The summed E-state index contributed by atoms with van der Waals surface area (Å²) in [7, 11) is 1.24. The van der Waals surface area contributed by atoms with E-state index < -0.39 is 17.8 Å². The van der Waals surface area contributed by atoms with Crippen LogP contribution in [-0.4, -0.2) is 13.4 Å². The number of benzene rings is 1. The van der Waals surface area contributed by atoms with E-state index in [9.17, 15) is 13.6 Å². The van der Waals surface area contributed by atoms with Crippen molar-refractivity contribution in [3.63, 3.8) is 0 Å². The van der Waals surface area contributed by atoms with E-state index in [0.717, 1.165) is 6.07 Å². The Hall–Kier alpha value is -1.16. The predicted octanol–water partition coefficient (Wildman–Crippen LogP) is 2.64. The Morgan fingerprint density at radius 1 is 1.50 bits per heavy atom. The van der Waals surface area contributed by atoms with Crippen molar-refractivity contribution >= 4 is 17.9 Å². The normalized spacial score (nSPS) is 11.1. The molecule has 0 aliphatic heterocycles. The summed E-state index contributed by atoms with van der Waals surface area (Å²) in [4.78, 5) is 10.2. The Labute approximate surface area is 84.4 Å². The van der Waals surface area contributed by atoms with Crippen molar-refractivity contribution in [2.75, 3.05) is 7.11 Å². The van der Waals surface area contributed by atoms with Crippen molar-refractivity contribution < 1.29 is 18.3 Å². The van der Waals surface area contributed by atoms with Crippen molar-refractivity contribution in [2.24, 2.45) is 0 Å². The highest BCUT2D eigenvalue weighted by molar-refractivity contribution is 6.30. The minimum Gasteiger partial charge on any atom is -0.496 e. The van der Waals surface area contributed by atoms with Crippen molar-refractivity contribution in [1.29, 1.82) is 0 Å². The van der Waals surface area contributed by atoms with Crippen LogP contribution < -0.4 is 4.74 Å². The maximum absolute atomic E-state index is 13.0. The summed E-state index contributed by atoms with van der Waals surface area (Å²) >= 11 is 5.53. The van der Waals surface area contributed by atoms with Gasteiger partial charge in [-0.15, -0.1) is 0 Å². The lowest BCUT2D eigenvalue weighted by Gasteiger charge is -2.13. The van der Waals surface area contributed by atoms with Gasteiger partial charge in [-0.1, -0.05) is 11.6 Å². The van der Waals surface area contributed by atoms with Gasteiger partial charge in [-0.3, -0.25) is 4.79 Å². The van der Waals surface area contributed by atoms with E-state index in [0.29, 0.717) is 0 Å². The first-order valence-corrected chi connectivity index (χ1v) is 4.07. The quantitative estimate of drug-likeness (QED) is 0.732. The number of rotatable bonds is 3. The van der Waals surface area contributed by atoms with Crippen molar-refractivity contribution in [1.82, 2.24) is 0 Å². The Kier molecular flexibility index (Phi) is 3.06. The highest BCUT2D eigenvalue weighted by Gasteiger charge is 2.34. The second-order valence-corrected chi connectivity index (χ2v) is 3.02. The number of halogens is 3. The van der Waals surface area contributed by atoms with Crippen LogP contribution in [0.4, 0.5) is 8.78 Å². The van der Waals surface area contributed by atoms with Gasteiger partial charge in [-0.2, -0.15) is 8.78 Å². The molecular weight excluding hydrogens is 214 g/mol. The van der Waals surface area contributed by atoms with E-state index in [2.05, 4.69) is 0 Å². The van der Waals surface area contributed by atoms with Crippen LogP contribution in [0, 0.1) is 0 Å². The molecule has 1 aromatic carbocycles. The van der Waals surface area contributed by atoms with E-state index in [4.69, 9.17) is 16.3 Å². The molecule has 0 aliphatic rings. The lowest BCUT2D eigenvalue weighted by atomic mass is 10.1. The fourth-order valence-corrected chi connectivity index (χ4v) is 1.18. The van der Waals surface area contributed by atoms with Crippen LogP contribution in [0.3, 0.4) is 0 Å². The average Bonchev–Trinajstić information content (AvgIpc) is 2.18. The predicted molar refractivity (Wildman–Crippen MR) is 48.0 cm³/mol. The molecule has 0 spiro atoms. The molecule has 0 aliphatic carbocycles. The molecule has 0 atom stereocenters. The van der Waals surface area contributed by atoms with Gasteiger partial charge in [-0.25, -0.2) is 0 Å². The highest BCUT2D eigenvalue weighted by Crippen LogP contribution is 2.34. The highest BCUT2D eigenvalue weighted by atomic mass is 35.5. The summed E-state index contributed by atoms with van der Waals surface area (Å²) < 4.78 is 30.7. The number of hydrogen-bond donors (Lipinski definition) is 0. The van der Waals surface area contributed by atoms with Gasteiger partial charge in [0.2, 0.25) is 0 Å². The molecule has 14 heavy (non-hydrogen) atoms. The topological polar surface area (TPSA) is 26.3 Å². The molecule has 0 heterocycles. The molecule has 0 unspecified atom stereocenters. The van der Waals surface area contributed by atoms with Crippen molar-refractivity contribution in [3.8, 4) is 5.75 Å². The third kappa shape index (κ3) is 2.01. The molecule has 76 valence electrons. The van der Waals surface area contributed by atoms with Crippen molar-refractivity contribution in [2.45, 2.75) is 5.92 Å². The SMILES string of the molecule is COc1ccc(Cl)cc1C(F)(F)C=O. The van der Waals surface area contributed by atoms with Crippen LogP contribution in [0.1, 0.15) is 5.56 Å². The summed E-state index contributed by atoms with van der Waals surface area (Å²) in [6.07, 6.45) is -0.443. The van der Waals surface area contributed by atoms with E-state index in [-0.39, 0.29) is 10.8 Å². The van der Waals surface area contributed by atoms with E-state index in [1.807, 2.05) is 0 Å². The lowest BCUT2D eigenvalue weighted by molar-refractivity contribution is -0.130. The average molecular weight is 221 g/mol. The van der Waals surface area contributed by atoms with E-state index >= 15 is 0 Å². The summed E-state index contributed by atoms with van der Waals surface area (Å²) in [5.74, 6) is -3.64. The first kappa shape index (κ1) is 10.9. The maximum Gasteiger partial charge on any atom is 0.331 e. The molecule has 0 saturated carbocycles. The zero-order chi connectivity index (χ0) is 10.8. The summed E-state index contributed by atoms with van der Waals surface area (Å²) in [5, 5.41) is 0.127. The largest absolute Gasteiger partial charge is 0.496 e. The van der Waals surface area contributed by atoms with Gasteiger partial charge in [-0.05, 0) is 18.2 Å². The van der Waals surface area contributed by atoms with Gasteiger partial charge in [0, 0.05) is 5.02 Å². The number of methoxy groups -OCH3 is 1. The van der Waals surface area contributed by atoms with Crippen molar-refractivity contribution in [3.05, 3.63) is 28.8 Å². The molecule has 0 aromatic heterocycles. The standard InChI is InChI=1S/C9H7ClF2O2/c1-14-8-3-2-6(10)4-7(8)9(11,12)5-13/h2-5H,1H3. The van der Waals surface area contributed by atoms with Crippen LogP contribution in [0.5, 0.6) is 5.75 Å². The molecule has 2 nitrogen and oxygen atoms in total. The van der Waals surface area contributed by atoms with Gasteiger partial charge < -0.3 is 4.74 Å². The molecule has 1 aromatic rings. The third-order valence-electron chi connectivity index (χ3n) is 1.67. The molecule has 0 bridgehead atoms. The second kappa shape index (κ2) is 3.92. The van der Waals surface area contributed by atoms with Gasteiger partial charge in [0.05, 0.1) is 12.7 Å². The summed E-state index contributed by atoms with van der Waals surface area (Å²) in [6.45, 7) is 0. The van der Waals surface area contributed by atoms with Gasteiger partial charge in [0.25, 0.3) is 0 Å². The number of alkyl halides is 2. The molecule has 0 fully saturated rings. The fraction of sp³-hybridized carbons (Fsp3) is 0.222. The minimum absolute atomic E-state index is 0.0634. The summed E-state index contributed by atoms with van der Waals surface area (Å²) in [5.41, 5.74) is -0.525. The van der Waals surface area contributed by atoms with Crippen LogP contribution >= 0.6 is 11.6 Å². The number of hydrogen-bond acceptors (Lipinski definition) is 2. The Balaban J connectivity index is 3.30. The number of carbonyl (C=O) groups excluding carboxylic acids is 1. The minimum atomic E-state index is -3.57. The zero-order valence-electron chi connectivity index (χ0n) is 7.26. The number of aldehydes is 1. The summed E-state index contributed by atoms with van der Waals surface area (Å²) in [6, 6.07) is 3.70. The molecule has 0 N–H and O–H groups in total. The third-order valence-corrected chi connectivity index (χ3v) is 1.90. The smallest absolute Gasteiger partial charge is 0.331 e. The Morgan fingerprint density at radius 2 is 2.14 bits per heavy atom. The number of ether oxygens (including phenoxy) is 1. The molecule has 5 heteroatoms. The molecular formula is C9H7ClF2O2. The zero-order valence-corrected chi connectivity index (χ0v) is 8.02.